The van der Waals surface area contributed by atoms with Gasteiger partial charge >= 0.3 is 0 Å². The predicted molar refractivity (Wildman–Crippen MR) is 107 cm³/mol. The van der Waals surface area contributed by atoms with Gasteiger partial charge in [0.1, 0.15) is 5.76 Å². The van der Waals surface area contributed by atoms with E-state index in [9.17, 15) is 4.79 Å². The zero-order chi connectivity index (χ0) is 19.5. The molecular formula is C21H26ClN3O3. The summed E-state index contributed by atoms with van der Waals surface area (Å²) in [5.74, 6) is 1.74. The molecular weight excluding hydrogens is 378 g/mol. The Morgan fingerprint density at radius 2 is 2.11 bits per heavy atom. The molecule has 0 N–H and O–H groups in total. The highest BCUT2D eigenvalue weighted by atomic mass is 35.5. The number of ether oxygens (including phenoxy) is 1. The molecule has 28 heavy (non-hydrogen) atoms. The summed E-state index contributed by atoms with van der Waals surface area (Å²) >= 11 is 6.09. The lowest BCUT2D eigenvalue weighted by atomic mass is 9.96. The number of likely N-dealkylation sites (tertiary alicyclic amines) is 1. The van der Waals surface area contributed by atoms with Gasteiger partial charge in [0.25, 0.3) is 0 Å². The van der Waals surface area contributed by atoms with Gasteiger partial charge in [-0.15, -0.1) is 0 Å². The summed E-state index contributed by atoms with van der Waals surface area (Å²) in [5.41, 5.74) is 1.80. The van der Waals surface area contributed by atoms with E-state index in [1.54, 1.807) is 0 Å². The molecule has 6 nitrogen and oxygen atoms in total. The number of benzene rings is 1. The van der Waals surface area contributed by atoms with Crippen LogP contribution in [0, 0.1) is 12.8 Å². The molecule has 1 aromatic carbocycles. The quantitative estimate of drug-likeness (QED) is 0.783. The molecule has 2 aliphatic rings. The zero-order valence-electron chi connectivity index (χ0n) is 16.2. The lowest BCUT2D eigenvalue weighted by molar-refractivity contribution is -0.141. The van der Waals surface area contributed by atoms with E-state index in [1.165, 1.54) is 0 Å². The molecule has 2 saturated heterocycles. The highest BCUT2D eigenvalue weighted by Crippen LogP contribution is 2.26. The fourth-order valence-corrected chi connectivity index (χ4v) is 4.16. The average molecular weight is 404 g/mol. The number of aryl methyl sites for hydroxylation is 1. The Balaban J connectivity index is 1.42. The van der Waals surface area contributed by atoms with Crippen LogP contribution in [0.1, 0.15) is 24.3 Å². The van der Waals surface area contributed by atoms with Crippen LogP contribution in [0.5, 0.6) is 0 Å². The fraction of sp³-hybridized carbons (Fsp3) is 0.524. The first-order valence-corrected chi connectivity index (χ1v) is 10.3. The summed E-state index contributed by atoms with van der Waals surface area (Å²) in [7, 11) is 0. The van der Waals surface area contributed by atoms with Crippen molar-refractivity contribution in [2.45, 2.75) is 26.3 Å². The number of amides is 1. The van der Waals surface area contributed by atoms with Gasteiger partial charge in [-0.25, -0.2) is 4.98 Å². The van der Waals surface area contributed by atoms with Crippen molar-refractivity contribution in [3.63, 3.8) is 0 Å². The molecule has 1 unspecified atom stereocenters. The molecule has 1 aromatic heterocycles. The average Bonchev–Trinajstić information content (AvgIpc) is 3.09. The summed E-state index contributed by atoms with van der Waals surface area (Å²) in [5, 5.41) is 0.662. The number of halogens is 1. The minimum atomic E-state index is 0.0615. The number of oxazole rings is 1. The molecule has 3 heterocycles. The van der Waals surface area contributed by atoms with E-state index < -0.39 is 0 Å². The van der Waals surface area contributed by atoms with Gasteiger partial charge in [-0.3, -0.25) is 9.69 Å². The van der Waals surface area contributed by atoms with Crippen LogP contribution in [-0.2, 0) is 16.1 Å². The van der Waals surface area contributed by atoms with Gasteiger partial charge in [0, 0.05) is 36.8 Å². The molecule has 0 spiro atoms. The van der Waals surface area contributed by atoms with E-state index in [1.807, 2.05) is 36.1 Å². The van der Waals surface area contributed by atoms with Crippen molar-refractivity contribution in [3.05, 3.63) is 40.7 Å². The van der Waals surface area contributed by atoms with Crippen molar-refractivity contribution in [2.24, 2.45) is 5.92 Å². The van der Waals surface area contributed by atoms with E-state index in [0.717, 1.165) is 42.9 Å². The van der Waals surface area contributed by atoms with Gasteiger partial charge in [-0.1, -0.05) is 17.7 Å². The minimum Gasteiger partial charge on any atom is -0.441 e. The Labute approximate surface area is 170 Å². The van der Waals surface area contributed by atoms with Crippen molar-refractivity contribution in [1.29, 1.82) is 0 Å². The van der Waals surface area contributed by atoms with Crippen molar-refractivity contribution in [2.75, 3.05) is 39.4 Å². The third-order valence-corrected chi connectivity index (χ3v) is 5.75. The number of carbonyl (C=O) groups excluding carboxylic acids is 1. The van der Waals surface area contributed by atoms with Crippen molar-refractivity contribution in [3.8, 4) is 11.5 Å². The van der Waals surface area contributed by atoms with E-state index >= 15 is 0 Å². The molecule has 0 aliphatic carbocycles. The number of rotatable bonds is 4. The lowest BCUT2D eigenvalue weighted by Gasteiger charge is -2.36. The number of morpholine rings is 1. The summed E-state index contributed by atoms with van der Waals surface area (Å²) in [4.78, 5) is 21.8. The first-order valence-electron chi connectivity index (χ1n) is 9.91. The second-order valence-electron chi connectivity index (χ2n) is 7.54. The molecule has 7 heteroatoms. The van der Waals surface area contributed by atoms with Crippen LogP contribution in [0.25, 0.3) is 11.5 Å². The highest BCUT2D eigenvalue weighted by molar-refractivity contribution is 6.30. The van der Waals surface area contributed by atoms with Crippen molar-refractivity contribution < 1.29 is 13.9 Å². The molecule has 1 atom stereocenters. The third-order valence-electron chi connectivity index (χ3n) is 5.52. The zero-order valence-corrected chi connectivity index (χ0v) is 17.0. The number of hydrogen-bond acceptors (Lipinski definition) is 5. The van der Waals surface area contributed by atoms with Gasteiger partial charge in [0.2, 0.25) is 11.8 Å². The first kappa shape index (κ1) is 19.4. The first-order chi connectivity index (χ1) is 13.6. The smallest absolute Gasteiger partial charge is 0.227 e. The van der Waals surface area contributed by atoms with Gasteiger partial charge in [0.05, 0.1) is 24.8 Å². The molecule has 2 aromatic rings. The highest BCUT2D eigenvalue weighted by Gasteiger charge is 2.30. The molecule has 150 valence electrons. The van der Waals surface area contributed by atoms with Gasteiger partial charge < -0.3 is 14.1 Å². The predicted octanol–water partition coefficient (Wildman–Crippen LogP) is 3.37. The summed E-state index contributed by atoms with van der Waals surface area (Å²) in [6, 6.07) is 7.53. The number of hydrogen-bond donors (Lipinski definition) is 0. The van der Waals surface area contributed by atoms with Crippen LogP contribution in [0.15, 0.2) is 28.7 Å². The number of aromatic nitrogens is 1. The Morgan fingerprint density at radius 1 is 1.29 bits per heavy atom. The van der Waals surface area contributed by atoms with E-state index in [4.69, 9.17) is 25.7 Å². The number of nitrogens with zero attached hydrogens (tertiary/aromatic N) is 3. The minimum absolute atomic E-state index is 0.0615. The van der Waals surface area contributed by atoms with Gasteiger partial charge in [-0.2, -0.15) is 0 Å². The third kappa shape index (κ3) is 4.40. The Bertz CT molecular complexity index is 832. The summed E-state index contributed by atoms with van der Waals surface area (Å²) in [6.45, 7) is 7.10. The van der Waals surface area contributed by atoms with Crippen LogP contribution in [0.3, 0.4) is 0 Å². The maximum Gasteiger partial charge on any atom is 0.227 e. The Hall–Kier alpha value is -1.89. The monoisotopic (exact) mass is 403 g/mol. The maximum atomic E-state index is 12.8. The van der Waals surface area contributed by atoms with E-state index in [2.05, 4.69) is 4.90 Å². The van der Waals surface area contributed by atoms with E-state index in [-0.39, 0.29) is 11.8 Å². The number of carbonyl (C=O) groups is 1. The van der Waals surface area contributed by atoms with Gasteiger partial charge in [0.15, 0.2) is 0 Å². The molecule has 0 saturated carbocycles. The molecule has 0 bridgehead atoms. The van der Waals surface area contributed by atoms with Crippen LogP contribution < -0.4 is 0 Å². The molecule has 2 aliphatic heterocycles. The molecule has 2 fully saturated rings. The lowest BCUT2D eigenvalue weighted by Crippen LogP contribution is -2.48. The van der Waals surface area contributed by atoms with Crippen LogP contribution in [-0.4, -0.2) is 60.1 Å². The molecule has 4 rings (SSSR count). The molecule has 0 radical (unpaired) electrons. The van der Waals surface area contributed by atoms with Crippen molar-refractivity contribution in [1.82, 2.24) is 14.8 Å². The second kappa shape index (κ2) is 8.64. The van der Waals surface area contributed by atoms with Gasteiger partial charge in [-0.05, 0) is 44.5 Å². The van der Waals surface area contributed by atoms with Crippen LogP contribution >= 0.6 is 11.6 Å². The maximum absolute atomic E-state index is 12.8. The van der Waals surface area contributed by atoms with E-state index in [0.29, 0.717) is 43.8 Å². The SMILES string of the molecule is Cc1oc(-c2cccc(Cl)c2)nc1CN1CCCC(C(=O)N2CCOCC2)C1. The van der Waals surface area contributed by atoms with Crippen LogP contribution in [0.4, 0.5) is 0 Å². The summed E-state index contributed by atoms with van der Waals surface area (Å²) in [6.07, 6.45) is 1.98. The summed E-state index contributed by atoms with van der Waals surface area (Å²) < 4.78 is 11.2. The second-order valence-corrected chi connectivity index (χ2v) is 7.98. The van der Waals surface area contributed by atoms with Crippen molar-refractivity contribution >= 4 is 17.5 Å². The Kier molecular flexibility index (Phi) is 5.99. The Morgan fingerprint density at radius 3 is 2.89 bits per heavy atom. The normalized spacial score (nSPS) is 21.1. The van der Waals surface area contributed by atoms with Crippen LogP contribution in [0.2, 0.25) is 5.02 Å². The topological polar surface area (TPSA) is 58.8 Å². The standard InChI is InChI=1S/C21H26ClN3O3/c1-15-19(23-20(28-15)16-4-2-6-18(22)12-16)14-24-7-3-5-17(13-24)21(26)25-8-10-27-11-9-25/h2,4,6,12,17H,3,5,7-11,13-14H2,1H3. The number of piperidine rings is 1. The fourth-order valence-electron chi connectivity index (χ4n) is 3.97. The molecule has 1 amide bonds. The largest absolute Gasteiger partial charge is 0.441 e.